The first kappa shape index (κ1) is 17.0. The van der Waals surface area contributed by atoms with Crippen molar-refractivity contribution < 1.29 is 9.26 Å². The molecule has 1 saturated heterocycles. The molecule has 24 heavy (non-hydrogen) atoms. The summed E-state index contributed by atoms with van der Waals surface area (Å²) in [6.45, 7) is 10.2. The molecule has 0 N–H and O–H groups in total. The van der Waals surface area contributed by atoms with Gasteiger partial charge >= 0.3 is 0 Å². The third kappa shape index (κ3) is 4.18. The van der Waals surface area contributed by atoms with Gasteiger partial charge in [0.05, 0.1) is 13.2 Å². The highest BCUT2D eigenvalue weighted by Crippen LogP contribution is 2.21. The molecule has 1 atom stereocenters. The monoisotopic (exact) mass is 334 g/mol. The molecule has 0 aromatic carbocycles. The second-order valence-corrected chi connectivity index (χ2v) is 6.61. The molecule has 3 rings (SSSR count). The summed E-state index contributed by atoms with van der Waals surface area (Å²) < 4.78 is 13.3. The number of hydrogen-bond acceptors (Lipinski definition) is 7. The van der Waals surface area contributed by atoms with E-state index in [9.17, 15) is 0 Å². The summed E-state index contributed by atoms with van der Waals surface area (Å²) in [5.74, 6) is 2.99. The summed E-state index contributed by atoms with van der Waals surface area (Å²) in [4.78, 5) is 6.77. The van der Waals surface area contributed by atoms with Gasteiger partial charge in [-0.1, -0.05) is 19.0 Å². The smallest absolute Gasteiger partial charge is 0.240 e. The summed E-state index contributed by atoms with van der Waals surface area (Å²) in [7, 11) is 0. The normalized spacial score (nSPS) is 19.2. The number of nitrogens with zero attached hydrogens (tertiary/aromatic N) is 6. The maximum atomic E-state index is 5.87. The Morgan fingerprint density at radius 2 is 2.25 bits per heavy atom. The minimum Gasteiger partial charge on any atom is -0.368 e. The fraction of sp³-hybridized carbons (Fsp3) is 0.750. The highest BCUT2D eigenvalue weighted by Gasteiger charge is 2.27. The van der Waals surface area contributed by atoms with Crippen LogP contribution in [0.5, 0.6) is 0 Å². The number of rotatable bonds is 7. The van der Waals surface area contributed by atoms with Gasteiger partial charge in [0, 0.05) is 26.1 Å². The van der Waals surface area contributed by atoms with E-state index in [2.05, 4.69) is 46.0 Å². The Morgan fingerprint density at radius 3 is 3.04 bits per heavy atom. The quantitative estimate of drug-likeness (QED) is 0.764. The molecule has 0 radical (unpaired) electrons. The second kappa shape index (κ2) is 7.85. The summed E-state index contributed by atoms with van der Waals surface area (Å²) in [6, 6.07) is 0. The molecule has 1 fully saturated rings. The van der Waals surface area contributed by atoms with Gasteiger partial charge in [0.15, 0.2) is 11.6 Å². The maximum absolute atomic E-state index is 5.87. The molecule has 1 aliphatic heterocycles. The van der Waals surface area contributed by atoms with E-state index in [4.69, 9.17) is 9.26 Å². The third-order valence-corrected chi connectivity index (χ3v) is 4.24. The van der Waals surface area contributed by atoms with E-state index < -0.39 is 0 Å². The highest BCUT2D eigenvalue weighted by molar-refractivity contribution is 4.95. The van der Waals surface area contributed by atoms with Crippen molar-refractivity contribution in [3.8, 4) is 0 Å². The Labute approximate surface area is 142 Å². The van der Waals surface area contributed by atoms with Crippen molar-refractivity contribution in [2.24, 2.45) is 5.92 Å². The summed E-state index contributed by atoms with van der Waals surface area (Å²) in [5.41, 5.74) is 0. The number of aryl methyl sites for hydroxylation is 2. The van der Waals surface area contributed by atoms with Crippen LogP contribution < -0.4 is 0 Å². The fourth-order valence-corrected chi connectivity index (χ4v) is 2.82. The summed E-state index contributed by atoms with van der Waals surface area (Å²) in [6.07, 6.45) is 3.62. The number of morpholine rings is 1. The lowest BCUT2D eigenvalue weighted by Crippen LogP contribution is -2.38. The molecule has 8 nitrogen and oxygen atoms in total. The van der Waals surface area contributed by atoms with E-state index in [-0.39, 0.29) is 6.10 Å². The number of ether oxygens (including phenoxy) is 1. The van der Waals surface area contributed by atoms with Crippen LogP contribution in [-0.4, -0.2) is 49.5 Å². The standard InChI is InChI=1S/C16H26N6O2/c1-4-22-11-17-19-16(22)13-9-21(7-8-23-13)10-15-18-14(20-24-15)6-5-12(2)3/h11-13H,4-10H2,1-3H3/t13-/m1/s1. The van der Waals surface area contributed by atoms with Gasteiger partial charge in [0.1, 0.15) is 12.4 Å². The van der Waals surface area contributed by atoms with E-state index in [0.29, 0.717) is 25.0 Å². The van der Waals surface area contributed by atoms with Crippen molar-refractivity contribution >= 4 is 0 Å². The zero-order chi connectivity index (χ0) is 16.9. The SMILES string of the molecule is CCn1cnnc1[C@H]1CN(Cc2nc(CCC(C)C)no2)CCO1. The van der Waals surface area contributed by atoms with E-state index in [1.807, 2.05) is 4.57 Å². The molecule has 0 unspecified atom stereocenters. The number of hydrogen-bond donors (Lipinski definition) is 0. The summed E-state index contributed by atoms with van der Waals surface area (Å²) >= 11 is 0. The van der Waals surface area contributed by atoms with Gasteiger partial charge in [-0.25, -0.2) is 0 Å². The predicted octanol–water partition coefficient (Wildman–Crippen LogP) is 1.84. The van der Waals surface area contributed by atoms with Gasteiger partial charge < -0.3 is 13.8 Å². The van der Waals surface area contributed by atoms with Crippen molar-refractivity contribution in [3.63, 3.8) is 0 Å². The fourth-order valence-electron chi connectivity index (χ4n) is 2.82. The van der Waals surface area contributed by atoms with Gasteiger partial charge in [0.2, 0.25) is 5.89 Å². The Kier molecular flexibility index (Phi) is 5.57. The lowest BCUT2D eigenvalue weighted by molar-refractivity contribution is -0.0414. The van der Waals surface area contributed by atoms with E-state index >= 15 is 0 Å². The molecule has 1 aliphatic rings. The molecule has 0 spiro atoms. The topological polar surface area (TPSA) is 82.1 Å². The molecule has 2 aromatic rings. The van der Waals surface area contributed by atoms with Crippen LogP contribution in [0.3, 0.4) is 0 Å². The molecule has 0 aliphatic carbocycles. The number of aromatic nitrogens is 5. The van der Waals surface area contributed by atoms with Crippen molar-refractivity contribution in [2.75, 3.05) is 19.7 Å². The van der Waals surface area contributed by atoms with Crippen LogP contribution in [0.15, 0.2) is 10.9 Å². The van der Waals surface area contributed by atoms with Gasteiger partial charge in [-0.2, -0.15) is 4.98 Å². The van der Waals surface area contributed by atoms with Crippen molar-refractivity contribution in [3.05, 3.63) is 23.9 Å². The van der Waals surface area contributed by atoms with Gasteiger partial charge in [-0.15, -0.1) is 10.2 Å². The van der Waals surface area contributed by atoms with Crippen molar-refractivity contribution in [1.82, 2.24) is 29.8 Å². The minimum absolute atomic E-state index is 0.0652. The Balaban J connectivity index is 1.57. The molecule has 8 heteroatoms. The zero-order valence-electron chi connectivity index (χ0n) is 14.7. The zero-order valence-corrected chi connectivity index (χ0v) is 14.7. The van der Waals surface area contributed by atoms with Gasteiger partial charge in [0.25, 0.3) is 0 Å². The Hall–Kier alpha value is -1.80. The van der Waals surface area contributed by atoms with Crippen LogP contribution in [0.2, 0.25) is 0 Å². The van der Waals surface area contributed by atoms with Crippen LogP contribution in [0.4, 0.5) is 0 Å². The van der Waals surface area contributed by atoms with E-state index in [0.717, 1.165) is 44.1 Å². The molecule has 0 saturated carbocycles. The first-order valence-electron chi connectivity index (χ1n) is 8.68. The lowest BCUT2D eigenvalue weighted by atomic mass is 10.1. The Bertz CT molecular complexity index is 638. The van der Waals surface area contributed by atoms with Crippen LogP contribution in [-0.2, 0) is 24.2 Å². The van der Waals surface area contributed by atoms with E-state index in [1.165, 1.54) is 0 Å². The molecule has 132 valence electrons. The second-order valence-electron chi connectivity index (χ2n) is 6.61. The molecule has 0 amide bonds. The van der Waals surface area contributed by atoms with Crippen LogP contribution in [0.25, 0.3) is 0 Å². The molecule has 2 aromatic heterocycles. The Morgan fingerprint density at radius 1 is 1.38 bits per heavy atom. The van der Waals surface area contributed by atoms with Gasteiger partial charge in [-0.05, 0) is 19.3 Å². The van der Waals surface area contributed by atoms with Gasteiger partial charge in [-0.3, -0.25) is 4.90 Å². The highest BCUT2D eigenvalue weighted by atomic mass is 16.5. The van der Waals surface area contributed by atoms with Crippen LogP contribution in [0, 0.1) is 5.92 Å². The van der Waals surface area contributed by atoms with Crippen molar-refractivity contribution in [2.45, 2.75) is 52.8 Å². The first-order valence-corrected chi connectivity index (χ1v) is 8.68. The van der Waals surface area contributed by atoms with Crippen molar-refractivity contribution in [1.29, 1.82) is 0 Å². The third-order valence-electron chi connectivity index (χ3n) is 4.24. The van der Waals surface area contributed by atoms with E-state index in [1.54, 1.807) is 6.33 Å². The molecular weight excluding hydrogens is 308 g/mol. The lowest BCUT2D eigenvalue weighted by Gasteiger charge is -2.31. The average molecular weight is 334 g/mol. The van der Waals surface area contributed by atoms with Crippen LogP contribution >= 0.6 is 0 Å². The average Bonchev–Trinajstić information content (AvgIpc) is 3.22. The molecule has 0 bridgehead atoms. The molecule has 3 heterocycles. The summed E-state index contributed by atoms with van der Waals surface area (Å²) in [5, 5.41) is 12.3. The largest absolute Gasteiger partial charge is 0.368 e. The first-order chi connectivity index (χ1) is 11.7. The predicted molar refractivity (Wildman–Crippen MR) is 87.1 cm³/mol. The van der Waals surface area contributed by atoms with Crippen LogP contribution in [0.1, 0.15) is 50.8 Å². The minimum atomic E-state index is -0.0652. The maximum Gasteiger partial charge on any atom is 0.240 e. The molecular formula is C16H26N6O2.